The van der Waals surface area contributed by atoms with Crippen molar-refractivity contribution < 1.29 is 19.1 Å². The first-order chi connectivity index (χ1) is 16.0. The second-order valence-electron chi connectivity index (χ2n) is 9.33. The van der Waals surface area contributed by atoms with Gasteiger partial charge < -0.3 is 14.8 Å². The van der Waals surface area contributed by atoms with E-state index in [4.69, 9.17) is 9.47 Å². The molecule has 0 aliphatic carbocycles. The number of nitrogens with one attached hydrogen (secondary N) is 1. The molecule has 0 spiro atoms. The Labute approximate surface area is 196 Å². The van der Waals surface area contributed by atoms with E-state index in [1.54, 1.807) is 0 Å². The third-order valence-corrected chi connectivity index (χ3v) is 6.50. The fourth-order valence-electron chi connectivity index (χ4n) is 4.62. The molecule has 1 unspecified atom stereocenters. The summed E-state index contributed by atoms with van der Waals surface area (Å²) >= 11 is 0. The van der Waals surface area contributed by atoms with Crippen LogP contribution in [-0.4, -0.2) is 49.4 Å². The Balaban J connectivity index is 1.32. The molecule has 2 aromatic rings. The highest BCUT2D eigenvalue weighted by Gasteiger charge is 2.27. The van der Waals surface area contributed by atoms with Crippen molar-refractivity contribution in [2.45, 2.75) is 39.2 Å². The van der Waals surface area contributed by atoms with Crippen LogP contribution in [0, 0.1) is 11.8 Å². The molecule has 2 heterocycles. The van der Waals surface area contributed by atoms with E-state index in [2.05, 4.69) is 24.1 Å². The van der Waals surface area contributed by atoms with E-state index in [1.165, 1.54) is 0 Å². The van der Waals surface area contributed by atoms with Crippen molar-refractivity contribution in [2.24, 2.45) is 11.8 Å². The van der Waals surface area contributed by atoms with E-state index in [9.17, 15) is 9.59 Å². The molecule has 6 heteroatoms. The van der Waals surface area contributed by atoms with Crippen molar-refractivity contribution >= 4 is 11.7 Å². The van der Waals surface area contributed by atoms with Gasteiger partial charge in [0.05, 0.1) is 25.8 Å². The summed E-state index contributed by atoms with van der Waals surface area (Å²) in [5, 5.41) is 3.22. The van der Waals surface area contributed by atoms with Gasteiger partial charge in [0, 0.05) is 17.9 Å². The maximum absolute atomic E-state index is 12.9. The van der Waals surface area contributed by atoms with Crippen molar-refractivity contribution in [1.82, 2.24) is 10.2 Å². The number of likely N-dealkylation sites (tertiary alicyclic amines) is 1. The molecule has 1 N–H and O–H groups in total. The van der Waals surface area contributed by atoms with Gasteiger partial charge in [-0.25, -0.2) is 0 Å². The largest absolute Gasteiger partial charge is 0.490 e. The fraction of sp³-hybridized carbons (Fsp3) is 0.481. The summed E-state index contributed by atoms with van der Waals surface area (Å²) < 4.78 is 11.6. The van der Waals surface area contributed by atoms with Gasteiger partial charge in [0.15, 0.2) is 17.3 Å². The normalized spacial score (nSPS) is 17.9. The molecule has 176 valence electrons. The smallest absolute Gasteiger partial charge is 0.234 e. The lowest BCUT2D eigenvalue weighted by Gasteiger charge is -2.31. The molecule has 2 aliphatic rings. The number of hydrogen-bond acceptors (Lipinski definition) is 5. The van der Waals surface area contributed by atoms with Crippen molar-refractivity contribution in [1.29, 1.82) is 0 Å². The molecule has 2 aliphatic heterocycles. The molecule has 1 atom stereocenters. The van der Waals surface area contributed by atoms with Crippen molar-refractivity contribution in [3.05, 3.63) is 59.7 Å². The van der Waals surface area contributed by atoms with Crippen LogP contribution in [0.15, 0.2) is 48.5 Å². The second-order valence-corrected chi connectivity index (χ2v) is 9.33. The fourth-order valence-corrected chi connectivity index (χ4v) is 4.62. The van der Waals surface area contributed by atoms with Crippen LogP contribution in [0.3, 0.4) is 0 Å². The summed E-state index contributed by atoms with van der Waals surface area (Å²) in [7, 11) is 0. The Bertz CT molecular complexity index is 952. The number of carbonyl (C=O) groups excluding carboxylic acids is 2. The van der Waals surface area contributed by atoms with Gasteiger partial charge in [-0.3, -0.25) is 14.5 Å². The average Bonchev–Trinajstić information content (AvgIpc) is 3.08. The molecule has 0 radical (unpaired) electrons. The number of benzene rings is 2. The molecular weight excluding hydrogens is 416 g/mol. The van der Waals surface area contributed by atoms with Gasteiger partial charge in [0.25, 0.3) is 0 Å². The number of ketones is 1. The zero-order valence-corrected chi connectivity index (χ0v) is 19.6. The van der Waals surface area contributed by atoms with Crippen LogP contribution in [0.2, 0.25) is 0 Å². The number of carbonyl (C=O) groups is 2. The number of piperidine rings is 1. The summed E-state index contributed by atoms with van der Waals surface area (Å²) in [5.41, 5.74) is 1.80. The Morgan fingerprint density at radius 2 is 1.70 bits per heavy atom. The van der Waals surface area contributed by atoms with E-state index in [0.29, 0.717) is 19.8 Å². The number of Topliss-reactive ketones (excluding diaryl/α,β-unsaturated/α-hetero) is 1. The van der Waals surface area contributed by atoms with Gasteiger partial charge in [0.1, 0.15) is 0 Å². The van der Waals surface area contributed by atoms with Gasteiger partial charge in [0.2, 0.25) is 5.91 Å². The van der Waals surface area contributed by atoms with Crippen LogP contribution in [0.1, 0.15) is 55.1 Å². The standard InChI is InChI=1S/C27H34N2O4/c1-19(2)26(22-9-10-23-24(17-22)33-16-6-15-32-23)28-25(30)18-29-13-11-21(12-14-29)27(31)20-7-4-3-5-8-20/h3-5,7-10,17,19,21,26H,6,11-16,18H2,1-2H3,(H,28,30). The summed E-state index contributed by atoms with van der Waals surface area (Å²) in [6, 6.07) is 15.3. The lowest BCUT2D eigenvalue weighted by atomic mass is 9.89. The summed E-state index contributed by atoms with van der Waals surface area (Å²) in [6.07, 6.45) is 2.44. The highest BCUT2D eigenvalue weighted by Crippen LogP contribution is 2.34. The van der Waals surface area contributed by atoms with Crippen LogP contribution in [-0.2, 0) is 4.79 Å². The van der Waals surface area contributed by atoms with E-state index < -0.39 is 0 Å². The minimum atomic E-state index is -0.105. The topological polar surface area (TPSA) is 67.9 Å². The van der Waals surface area contributed by atoms with Crippen LogP contribution in [0.4, 0.5) is 0 Å². The van der Waals surface area contributed by atoms with E-state index in [-0.39, 0.29) is 29.6 Å². The SMILES string of the molecule is CC(C)C(NC(=O)CN1CCC(C(=O)c2ccccc2)CC1)c1ccc2c(c1)OCCCO2. The number of fused-ring (bicyclic) bond motifs is 1. The molecule has 6 nitrogen and oxygen atoms in total. The summed E-state index contributed by atoms with van der Waals surface area (Å²) in [4.78, 5) is 27.8. The van der Waals surface area contributed by atoms with Crippen molar-refractivity contribution in [2.75, 3.05) is 32.8 Å². The molecule has 0 bridgehead atoms. The predicted octanol–water partition coefficient (Wildman–Crippen LogP) is 4.26. The minimum Gasteiger partial charge on any atom is -0.490 e. The minimum absolute atomic E-state index is 0.00801. The quantitative estimate of drug-likeness (QED) is 0.639. The zero-order chi connectivity index (χ0) is 23.2. The first kappa shape index (κ1) is 23.3. The lowest BCUT2D eigenvalue weighted by Crippen LogP contribution is -2.44. The molecule has 1 amide bonds. The summed E-state index contributed by atoms with van der Waals surface area (Å²) in [5.74, 6) is 2.00. The number of ether oxygens (including phenoxy) is 2. The number of hydrogen-bond donors (Lipinski definition) is 1. The van der Waals surface area contributed by atoms with Gasteiger partial charge in [-0.2, -0.15) is 0 Å². The molecule has 33 heavy (non-hydrogen) atoms. The third kappa shape index (κ3) is 5.93. The molecule has 1 saturated heterocycles. The van der Waals surface area contributed by atoms with E-state index >= 15 is 0 Å². The molecule has 0 aromatic heterocycles. The monoisotopic (exact) mass is 450 g/mol. The average molecular weight is 451 g/mol. The number of nitrogens with zero attached hydrogens (tertiary/aromatic N) is 1. The second kappa shape index (κ2) is 10.8. The first-order valence-corrected chi connectivity index (χ1v) is 12.0. The van der Waals surface area contributed by atoms with Crippen LogP contribution < -0.4 is 14.8 Å². The van der Waals surface area contributed by atoms with Crippen LogP contribution >= 0.6 is 0 Å². The van der Waals surface area contributed by atoms with Gasteiger partial charge in [-0.05, 0) is 49.5 Å². The molecule has 0 saturated carbocycles. The highest BCUT2D eigenvalue weighted by atomic mass is 16.5. The zero-order valence-electron chi connectivity index (χ0n) is 19.6. The van der Waals surface area contributed by atoms with Gasteiger partial charge in [-0.15, -0.1) is 0 Å². The molecule has 4 rings (SSSR count). The maximum atomic E-state index is 12.9. The maximum Gasteiger partial charge on any atom is 0.234 e. The van der Waals surface area contributed by atoms with E-state index in [0.717, 1.165) is 55.0 Å². The lowest BCUT2D eigenvalue weighted by molar-refractivity contribution is -0.123. The predicted molar refractivity (Wildman–Crippen MR) is 128 cm³/mol. The molecular formula is C27H34N2O4. The number of amides is 1. The van der Waals surface area contributed by atoms with E-state index in [1.807, 2.05) is 48.5 Å². The van der Waals surface area contributed by atoms with Crippen LogP contribution in [0.25, 0.3) is 0 Å². The summed E-state index contributed by atoms with van der Waals surface area (Å²) in [6.45, 7) is 7.37. The Morgan fingerprint density at radius 3 is 2.39 bits per heavy atom. The third-order valence-electron chi connectivity index (χ3n) is 6.50. The molecule has 1 fully saturated rings. The molecule has 2 aromatic carbocycles. The van der Waals surface area contributed by atoms with Gasteiger partial charge in [-0.1, -0.05) is 50.2 Å². The van der Waals surface area contributed by atoms with Crippen molar-refractivity contribution in [3.8, 4) is 11.5 Å². The highest BCUT2D eigenvalue weighted by molar-refractivity contribution is 5.97. The first-order valence-electron chi connectivity index (χ1n) is 12.0. The Morgan fingerprint density at radius 1 is 1.00 bits per heavy atom. The number of rotatable bonds is 7. The Kier molecular flexibility index (Phi) is 7.65. The van der Waals surface area contributed by atoms with Crippen LogP contribution in [0.5, 0.6) is 11.5 Å². The Hall–Kier alpha value is -2.86. The van der Waals surface area contributed by atoms with Gasteiger partial charge >= 0.3 is 0 Å². The van der Waals surface area contributed by atoms with Crippen molar-refractivity contribution in [3.63, 3.8) is 0 Å².